The summed E-state index contributed by atoms with van der Waals surface area (Å²) in [4.78, 5) is 13.6. The molecular weight excluding hydrogens is 819 g/mol. The highest BCUT2D eigenvalue weighted by Gasteiger charge is 2.48. The summed E-state index contributed by atoms with van der Waals surface area (Å²) in [5.41, 5.74) is -1.60. The van der Waals surface area contributed by atoms with Crippen LogP contribution in [-0.4, -0.2) is 85.2 Å². The van der Waals surface area contributed by atoms with Crippen molar-refractivity contribution in [1.29, 1.82) is 0 Å². The summed E-state index contributed by atoms with van der Waals surface area (Å²) in [5, 5.41) is 10.3. The molecule has 0 heterocycles. The summed E-state index contributed by atoms with van der Waals surface area (Å²) in [7, 11) is -7.33. The molecule has 57 heavy (non-hydrogen) atoms. The largest absolute Gasteiger partial charge is 0.501 e. The smallest absolute Gasteiger partial charge is 0.384 e. The lowest BCUT2D eigenvalue weighted by atomic mass is 9.87. The highest BCUT2D eigenvalue weighted by molar-refractivity contribution is 7.99. The van der Waals surface area contributed by atoms with E-state index in [1.54, 1.807) is 31.1 Å². The van der Waals surface area contributed by atoms with Gasteiger partial charge in [-0.1, -0.05) is 47.5 Å². The minimum atomic E-state index is -6.03. The minimum absolute atomic E-state index is 0.0370. The van der Waals surface area contributed by atoms with E-state index in [1.165, 1.54) is 40.6 Å². The van der Waals surface area contributed by atoms with Gasteiger partial charge in [0.25, 0.3) is 25.8 Å². The number of thioether (sulfide) groups is 1. The van der Waals surface area contributed by atoms with Gasteiger partial charge in [0.1, 0.15) is 4.90 Å². The number of sulfonamides is 1. The molecule has 4 N–H and O–H groups in total. The van der Waals surface area contributed by atoms with Gasteiger partial charge in [-0.2, -0.15) is 13.2 Å². The van der Waals surface area contributed by atoms with Gasteiger partial charge in [-0.3, -0.25) is 4.79 Å². The fourth-order valence-electron chi connectivity index (χ4n) is 6.33. The lowest BCUT2D eigenvalue weighted by molar-refractivity contribution is -0.0435. The number of sulfone groups is 1. The number of carbonyl (C=O) groups is 1. The van der Waals surface area contributed by atoms with Gasteiger partial charge in [-0.15, -0.1) is 11.8 Å². The van der Waals surface area contributed by atoms with Gasteiger partial charge in [0, 0.05) is 59.1 Å². The zero-order valence-corrected chi connectivity index (χ0v) is 34.6. The van der Waals surface area contributed by atoms with Crippen LogP contribution in [0.5, 0.6) is 0 Å². The minimum Gasteiger partial charge on any atom is -0.384 e. The van der Waals surface area contributed by atoms with E-state index in [0.717, 1.165) is 49.3 Å². The molecule has 1 amide bonds. The van der Waals surface area contributed by atoms with E-state index in [9.17, 15) is 34.8 Å². The molecule has 0 bridgehead atoms. The van der Waals surface area contributed by atoms with Gasteiger partial charge in [-0.25, -0.2) is 21.6 Å². The number of halogens is 4. The Labute approximate surface area is 341 Å². The monoisotopic (exact) mass is 863 g/mol. The molecule has 0 saturated heterocycles. The zero-order chi connectivity index (χ0) is 41.2. The van der Waals surface area contributed by atoms with E-state index in [1.807, 2.05) is 47.2 Å². The van der Waals surface area contributed by atoms with Gasteiger partial charge < -0.3 is 20.9 Å². The van der Waals surface area contributed by atoms with Crippen molar-refractivity contribution in [2.45, 2.75) is 51.9 Å². The molecule has 0 radical (unpaired) electrons. The fraction of sp³-hybridized carbons (Fsp3) is 0.325. The van der Waals surface area contributed by atoms with Crippen molar-refractivity contribution < 1.29 is 34.8 Å². The number of rotatable bonds is 18. The first-order chi connectivity index (χ1) is 27.0. The second-order valence-electron chi connectivity index (χ2n) is 13.7. The Morgan fingerprint density at radius 1 is 0.877 bits per heavy atom. The molecule has 17 heteroatoms. The Bertz CT molecular complexity index is 2240. The van der Waals surface area contributed by atoms with Gasteiger partial charge in [0.2, 0.25) is 0 Å². The van der Waals surface area contributed by atoms with Crippen LogP contribution in [0.2, 0.25) is 5.02 Å². The molecule has 0 aliphatic heterocycles. The van der Waals surface area contributed by atoms with Crippen LogP contribution in [0, 0.1) is 0 Å². The number of anilines is 2. The van der Waals surface area contributed by atoms with Gasteiger partial charge in [-0.05, 0) is 118 Å². The van der Waals surface area contributed by atoms with E-state index >= 15 is 0 Å². The molecule has 1 aliphatic rings. The number of carbonyl (C=O) groups excluding carboxylic acids is 1. The number of hydrogen-bond acceptors (Lipinski definition) is 10. The maximum Gasteiger partial charge on any atom is 0.501 e. The molecule has 0 fully saturated rings. The third-order valence-corrected chi connectivity index (χ3v) is 13.4. The van der Waals surface area contributed by atoms with Crippen LogP contribution in [0.1, 0.15) is 41.6 Å². The van der Waals surface area contributed by atoms with Crippen LogP contribution < -0.4 is 20.7 Å². The Balaban J connectivity index is 1.22. The normalized spacial score (nSPS) is 14.4. The molecule has 4 aromatic rings. The third kappa shape index (κ3) is 12.2. The first-order valence-electron chi connectivity index (χ1n) is 18.2. The maximum absolute atomic E-state index is 13.9. The molecule has 1 aliphatic carbocycles. The molecule has 5 rings (SSSR count). The fourth-order valence-corrected chi connectivity index (χ4v) is 9.41. The molecule has 10 nitrogen and oxygen atoms in total. The van der Waals surface area contributed by atoms with Crippen molar-refractivity contribution in [3.05, 3.63) is 119 Å². The van der Waals surface area contributed by atoms with Crippen molar-refractivity contribution in [3.8, 4) is 0 Å². The second-order valence-corrected chi connectivity index (χ2v) is 18.9. The number of alkyl halides is 3. The first kappa shape index (κ1) is 44.1. The van der Waals surface area contributed by atoms with E-state index in [2.05, 4.69) is 28.1 Å². The van der Waals surface area contributed by atoms with Gasteiger partial charge >= 0.3 is 5.51 Å². The first-order valence-corrected chi connectivity index (χ1v) is 22.5. The quantitative estimate of drug-likeness (QED) is 0.0577. The van der Waals surface area contributed by atoms with Crippen molar-refractivity contribution in [2.75, 3.05) is 56.7 Å². The molecule has 0 spiro atoms. The van der Waals surface area contributed by atoms with Crippen LogP contribution in [0.15, 0.2) is 117 Å². The third-order valence-electron chi connectivity index (χ3n) is 9.12. The van der Waals surface area contributed by atoms with Gasteiger partial charge in [0.05, 0.1) is 10.6 Å². The van der Waals surface area contributed by atoms with Crippen molar-refractivity contribution in [2.24, 2.45) is 0 Å². The van der Waals surface area contributed by atoms with Crippen LogP contribution in [0.4, 0.5) is 24.5 Å². The standard InChI is InChI=1S/C40H45ClF3N5O5S3/c1-49(2)26-33(27-55-34-9-4-3-5-10-34)47-37-21-20-35(24-38(37)56(51,52)40(42,43)44)57(53,54)48-39(50)29-14-18-32(19-15-29)46-23-22-45-25-30-8-6-7-11-36(30)28-12-16-31(41)17-13-28/h3-5,9-10,12-21,24,33,45-47H,6-8,11,22-23,25-27H2,1-2H3,(H,48,50)/t33-/m1/s1. The van der Waals surface area contributed by atoms with Crippen molar-refractivity contribution in [1.82, 2.24) is 14.9 Å². The van der Waals surface area contributed by atoms with Crippen molar-refractivity contribution in [3.63, 3.8) is 0 Å². The van der Waals surface area contributed by atoms with Gasteiger partial charge in [0.15, 0.2) is 0 Å². The maximum atomic E-state index is 13.9. The summed E-state index contributed by atoms with van der Waals surface area (Å²) in [6.07, 6.45) is 4.34. The molecular formula is C40H45ClF3N5O5S3. The average Bonchev–Trinajstić information content (AvgIpc) is 3.17. The van der Waals surface area contributed by atoms with E-state index in [-0.39, 0.29) is 5.56 Å². The highest BCUT2D eigenvalue weighted by atomic mass is 35.5. The number of amides is 1. The summed E-state index contributed by atoms with van der Waals surface area (Å²) >= 11 is 7.49. The SMILES string of the molecule is CN(C)C[C@H](CSc1ccccc1)Nc1ccc(S(=O)(=O)NC(=O)c2ccc(NCCNCC3=C(c4ccc(Cl)cc4)CCCC3)cc2)cc1S(=O)(=O)C(F)(F)F. The molecule has 1 atom stereocenters. The Hall–Kier alpha value is -4.06. The van der Waals surface area contributed by atoms with Crippen molar-refractivity contribution >= 4 is 66.1 Å². The lowest BCUT2D eigenvalue weighted by Crippen LogP contribution is -2.35. The summed E-state index contributed by atoms with van der Waals surface area (Å²) in [5.74, 6) is -0.702. The number of allylic oxidation sites excluding steroid dienone is 1. The van der Waals surface area contributed by atoms with E-state index < -0.39 is 52.8 Å². The molecule has 0 aromatic heterocycles. The molecule has 0 saturated carbocycles. The van der Waals surface area contributed by atoms with Crippen LogP contribution >= 0.6 is 23.4 Å². The van der Waals surface area contributed by atoms with Crippen LogP contribution in [0.25, 0.3) is 5.57 Å². The summed E-state index contributed by atoms with van der Waals surface area (Å²) < 4.78 is 95.8. The Morgan fingerprint density at radius 3 is 2.23 bits per heavy atom. The van der Waals surface area contributed by atoms with Crippen LogP contribution in [0.3, 0.4) is 0 Å². The summed E-state index contributed by atoms with van der Waals surface area (Å²) in [6.45, 7) is 2.29. The second kappa shape index (κ2) is 19.6. The number of nitrogens with zero attached hydrogens (tertiary/aromatic N) is 1. The number of hydrogen-bond donors (Lipinski definition) is 4. The number of nitrogens with one attached hydrogen (secondary N) is 4. The average molecular weight is 864 g/mol. The lowest BCUT2D eigenvalue weighted by Gasteiger charge is -2.25. The Kier molecular flexibility index (Phi) is 15.1. The number of benzene rings is 4. The topological polar surface area (TPSA) is 137 Å². The van der Waals surface area contributed by atoms with Crippen LogP contribution in [-0.2, 0) is 19.9 Å². The zero-order valence-electron chi connectivity index (χ0n) is 31.4. The number of likely N-dealkylation sites (N-methyl/N-ethyl adjacent to an activating group) is 1. The predicted octanol–water partition coefficient (Wildman–Crippen LogP) is 7.92. The summed E-state index contributed by atoms with van der Waals surface area (Å²) in [6, 6.07) is 24.9. The molecule has 0 unspecified atom stereocenters. The molecule has 306 valence electrons. The predicted molar refractivity (Wildman–Crippen MR) is 222 cm³/mol. The molecule has 4 aromatic carbocycles. The van der Waals surface area contributed by atoms with E-state index in [0.29, 0.717) is 42.2 Å². The van der Waals surface area contributed by atoms with E-state index in [4.69, 9.17) is 11.6 Å². The highest BCUT2D eigenvalue weighted by Crippen LogP contribution is 2.37. The Morgan fingerprint density at radius 2 is 1.56 bits per heavy atom.